The minimum Gasteiger partial charge on any atom is -0.356 e. The van der Waals surface area contributed by atoms with Crippen molar-refractivity contribution in [3.05, 3.63) is 102 Å². The molecule has 3 aromatic carbocycles. The number of nitrogens with zero attached hydrogens (tertiary/aromatic N) is 2. The van der Waals surface area contributed by atoms with E-state index in [1.807, 2.05) is 54.6 Å². The zero-order valence-electron chi connectivity index (χ0n) is 16.2. The Balaban J connectivity index is 1.56. The van der Waals surface area contributed by atoms with E-state index in [9.17, 15) is 4.79 Å². The Bertz CT molecular complexity index is 1280. The number of nitrogens with one attached hydrogen (secondary N) is 1. The van der Waals surface area contributed by atoms with Gasteiger partial charge in [0.05, 0.1) is 11.7 Å². The number of thiocarbonyl (C=S) groups is 1. The summed E-state index contributed by atoms with van der Waals surface area (Å²) in [6.45, 7) is 0. The monoisotopic (exact) mass is 409 g/mol. The van der Waals surface area contributed by atoms with Crippen molar-refractivity contribution in [3.63, 3.8) is 0 Å². The Labute approximate surface area is 179 Å². The van der Waals surface area contributed by atoms with Gasteiger partial charge in [0, 0.05) is 23.0 Å². The molecule has 1 saturated heterocycles. The zero-order chi connectivity index (χ0) is 20.2. The summed E-state index contributed by atoms with van der Waals surface area (Å²) in [6.07, 6.45) is 0.644. The first kappa shape index (κ1) is 17.4. The molecule has 0 bridgehead atoms. The number of hydrogen-bond donors (Lipinski definition) is 1. The van der Waals surface area contributed by atoms with Gasteiger partial charge in [-0.3, -0.25) is 9.69 Å². The Morgan fingerprint density at radius 3 is 2.30 bits per heavy atom. The topological polar surface area (TPSA) is 39.3 Å². The van der Waals surface area contributed by atoms with E-state index < -0.39 is 0 Å². The van der Waals surface area contributed by atoms with Crippen LogP contribution in [0.4, 0.5) is 5.69 Å². The van der Waals surface area contributed by atoms with Crippen molar-refractivity contribution >= 4 is 39.8 Å². The summed E-state index contributed by atoms with van der Waals surface area (Å²) in [4.78, 5) is 21.0. The molecule has 0 radical (unpaired) electrons. The fourth-order valence-corrected chi connectivity index (χ4v) is 5.30. The van der Waals surface area contributed by atoms with Gasteiger partial charge in [-0.2, -0.15) is 0 Å². The highest BCUT2D eigenvalue weighted by Crippen LogP contribution is 2.44. The zero-order valence-corrected chi connectivity index (χ0v) is 17.0. The molecule has 5 heteroatoms. The molecule has 2 atom stereocenters. The van der Waals surface area contributed by atoms with Crippen LogP contribution in [0.15, 0.2) is 84.9 Å². The van der Waals surface area contributed by atoms with E-state index in [0.717, 1.165) is 22.5 Å². The third kappa shape index (κ3) is 2.39. The summed E-state index contributed by atoms with van der Waals surface area (Å²) in [6, 6.07) is 27.9. The van der Waals surface area contributed by atoms with E-state index >= 15 is 0 Å². The van der Waals surface area contributed by atoms with Crippen LogP contribution < -0.4 is 4.90 Å². The minimum absolute atomic E-state index is 0.0445. The van der Waals surface area contributed by atoms with Crippen LogP contribution in [0.3, 0.4) is 0 Å². The normalized spacial score (nSPS) is 20.5. The van der Waals surface area contributed by atoms with Crippen molar-refractivity contribution in [2.75, 3.05) is 4.90 Å². The second kappa shape index (κ2) is 6.54. The number of fused-ring (bicyclic) bond motifs is 4. The first-order chi connectivity index (χ1) is 14.7. The molecule has 146 valence electrons. The fraction of sp³-hybridized carbons (Fsp3) is 0.120. The highest BCUT2D eigenvalue weighted by molar-refractivity contribution is 7.80. The molecule has 4 nitrogen and oxygen atoms in total. The van der Waals surface area contributed by atoms with Gasteiger partial charge < -0.3 is 9.88 Å². The number of carbonyl (C=O) groups excluding carboxylic acids is 1. The third-order valence-corrected chi connectivity index (χ3v) is 6.57. The van der Waals surface area contributed by atoms with Crippen LogP contribution in [0.5, 0.6) is 0 Å². The molecule has 30 heavy (non-hydrogen) atoms. The van der Waals surface area contributed by atoms with Crippen molar-refractivity contribution in [2.24, 2.45) is 0 Å². The average Bonchev–Trinajstić information content (AvgIpc) is 3.28. The molecular weight excluding hydrogens is 390 g/mol. The highest BCUT2D eigenvalue weighted by Gasteiger charge is 2.50. The minimum atomic E-state index is -0.311. The molecule has 1 fully saturated rings. The smallest absolute Gasteiger partial charge is 0.256 e. The fourth-order valence-electron chi connectivity index (χ4n) is 4.87. The number of benzene rings is 3. The SMILES string of the molecule is O=C1C2Cc3c([nH]c4ccccc34)C(c3ccccc3)N2C(=S)N1c1ccccc1. The number of aromatic amines is 1. The van der Waals surface area contributed by atoms with Crippen LogP contribution in [-0.2, 0) is 11.2 Å². The van der Waals surface area contributed by atoms with E-state index in [1.165, 1.54) is 10.9 Å². The summed E-state index contributed by atoms with van der Waals surface area (Å²) in [5, 5.41) is 1.75. The second-order valence-electron chi connectivity index (χ2n) is 7.79. The molecule has 2 aliphatic rings. The summed E-state index contributed by atoms with van der Waals surface area (Å²) >= 11 is 5.90. The number of rotatable bonds is 2. The van der Waals surface area contributed by atoms with Crippen molar-refractivity contribution in [2.45, 2.75) is 18.5 Å². The van der Waals surface area contributed by atoms with Gasteiger partial charge in [0.2, 0.25) is 0 Å². The van der Waals surface area contributed by atoms with Crippen LogP contribution >= 0.6 is 12.2 Å². The molecular formula is C25H19N3OS. The summed E-state index contributed by atoms with van der Waals surface area (Å²) in [7, 11) is 0. The Kier molecular flexibility index (Phi) is 3.80. The molecule has 1 N–H and O–H groups in total. The number of anilines is 1. The lowest BCUT2D eigenvalue weighted by Crippen LogP contribution is -2.44. The van der Waals surface area contributed by atoms with E-state index in [-0.39, 0.29) is 18.0 Å². The van der Waals surface area contributed by atoms with Crippen molar-refractivity contribution in [1.82, 2.24) is 9.88 Å². The number of carbonyl (C=O) groups is 1. The maximum Gasteiger partial charge on any atom is 0.256 e. The van der Waals surface area contributed by atoms with E-state index in [0.29, 0.717) is 11.5 Å². The van der Waals surface area contributed by atoms with Gasteiger partial charge in [-0.25, -0.2) is 0 Å². The summed E-state index contributed by atoms with van der Waals surface area (Å²) in [5.41, 5.74) is 5.39. The number of aromatic nitrogens is 1. The van der Waals surface area contributed by atoms with Crippen LogP contribution in [-0.4, -0.2) is 26.9 Å². The lowest BCUT2D eigenvalue weighted by Gasteiger charge is -2.37. The number of amides is 1. The number of para-hydroxylation sites is 2. The molecule has 0 spiro atoms. The molecule has 1 amide bonds. The van der Waals surface area contributed by atoms with Crippen molar-refractivity contribution < 1.29 is 4.79 Å². The lowest BCUT2D eigenvalue weighted by atomic mass is 9.89. The van der Waals surface area contributed by atoms with Gasteiger partial charge >= 0.3 is 0 Å². The van der Waals surface area contributed by atoms with E-state index in [4.69, 9.17) is 12.2 Å². The molecule has 1 aromatic heterocycles. The predicted molar refractivity (Wildman–Crippen MR) is 122 cm³/mol. The molecule has 6 rings (SSSR count). The highest BCUT2D eigenvalue weighted by atomic mass is 32.1. The first-order valence-corrected chi connectivity index (χ1v) is 10.5. The largest absolute Gasteiger partial charge is 0.356 e. The van der Waals surface area contributed by atoms with Gasteiger partial charge in [0.1, 0.15) is 6.04 Å². The van der Waals surface area contributed by atoms with Crippen LogP contribution in [0.1, 0.15) is 22.9 Å². The molecule has 2 unspecified atom stereocenters. The Morgan fingerprint density at radius 2 is 1.53 bits per heavy atom. The molecule has 0 aliphatic carbocycles. The van der Waals surface area contributed by atoms with Crippen LogP contribution in [0, 0.1) is 0 Å². The van der Waals surface area contributed by atoms with Gasteiger partial charge in [-0.15, -0.1) is 0 Å². The Hall–Kier alpha value is -3.44. The molecule has 3 heterocycles. The summed E-state index contributed by atoms with van der Waals surface area (Å²) < 4.78 is 0. The third-order valence-electron chi connectivity index (χ3n) is 6.18. The standard InChI is InChI=1S/C25H19N3OS/c29-24-21-15-19-18-13-7-8-14-20(18)26-22(19)23(16-9-3-1-4-10-16)28(21)25(30)27(24)17-11-5-2-6-12-17/h1-14,21,23,26H,15H2. The average molecular weight is 410 g/mol. The van der Waals surface area contributed by atoms with Gasteiger partial charge in [0.25, 0.3) is 5.91 Å². The summed E-state index contributed by atoms with van der Waals surface area (Å²) in [5.74, 6) is 0.0445. The predicted octanol–water partition coefficient (Wildman–Crippen LogP) is 4.82. The van der Waals surface area contributed by atoms with Crippen LogP contribution in [0.25, 0.3) is 10.9 Å². The van der Waals surface area contributed by atoms with Crippen LogP contribution in [0.2, 0.25) is 0 Å². The van der Waals surface area contributed by atoms with Gasteiger partial charge in [-0.05, 0) is 41.5 Å². The molecule has 4 aromatic rings. The Morgan fingerprint density at radius 1 is 0.867 bits per heavy atom. The molecule has 2 aliphatic heterocycles. The quantitative estimate of drug-likeness (QED) is 0.483. The number of H-pyrrole nitrogens is 1. The van der Waals surface area contributed by atoms with E-state index in [2.05, 4.69) is 40.2 Å². The van der Waals surface area contributed by atoms with Gasteiger partial charge in [0.15, 0.2) is 5.11 Å². The first-order valence-electron chi connectivity index (χ1n) is 10.1. The maximum atomic E-state index is 13.6. The van der Waals surface area contributed by atoms with Crippen molar-refractivity contribution in [3.8, 4) is 0 Å². The van der Waals surface area contributed by atoms with Crippen molar-refractivity contribution in [1.29, 1.82) is 0 Å². The number of hydrogen-bond acceptors (Lipinski definition) is 2. The van der Waals surface area contributed by atoms with Gasteiger partial charge in [-0.1, -0.05) is 66.7 Å². The lowest BCUT2D eigenvalue weighted by molar-refractivity contribution is -0.120. The maximum absolute atomic E-state index is 13.6. The molecule has 0 saturated carbocycles. The second-order valence-corrected chi connectivity index (χ2v) is 8.16. The van der Waals surface area contributed by atoms with E-state index in [1.54, 1.807) is 4.90 Å².